The summed E-state index contributed by atoms with van der Waals surface area (Å²) in [5.41, 5.74) is 2.95. The van der Waals surface area contributed by atoms with E-state index in [1.165, 1.54) is 17.6 Å². The van der Waals surface area contributed by atoms with Gasteiger partial charge in [-0.3, -0.25) is 4.79 Å². The largest absolute Gasteiger partial charge is 0.476 e. The summed E-state index contributed by atoms with van der Waals surface area (Å²) >= 11 is 1.68. The Morgan fingerprint density at radius 3 is 2.30 bits per heavy atom. The van der Waals surface area contributed by atoms with Crippen molar-refractivity contribution in [1.82, 2.24) is 5.32 Å². The Hall–Kier alpha value is -2.31. The minimum absolute atomic E-state index is 0.00999. The number of hydrogen-bond acceptors (Lipinski definition) is 6. The molecule has 178 valence electrons. The first-order valence-corrected chi connectivity index (χ1v) is 12.6. The molecule has 1 unspecified atom stereocenters. The molecule has 0 bridgehead atoms. The number of hydrogen-bond donors (Lipinski definition) is 1. The summed E-state index contributed by atoms with van der Waals surface area (Å²) in [6.07, 6.45) is 3.87. The summed E-state index contributed by atoms with van der Waals surface area (Å²) in [5, 5.41) is 3.42. The number of rotatable bonds is 9. The van der Waals surface area contributed by atoms with Crippen molar-refractivity contribution in [1.29, 1.82) is 0 Å². The van der Waals surface area contributed by atoms with Crippen molar-refractivity contribution in [3.63, 3.8) is 0 Å². The topological polar surface area (TPSA) is 64.6 Å². The quantitative estimate of drug-likeness (QED) is 0.317. The number of methoxy groups -OCH3 is 1. The van der Waals surface area contributed by atoms with E-state index in [4.69, 9.17) is 9.47 Å². The van der Waals surface area contributed by atoms with Crippen molar-refractivity contribution in [3.8, 4) is 5.75 Å². The van der Waals surface area contributed by atoms with Gasteiger partial charge in [0, 0.05) is 22.9 Å². The maximum absolute atomic E-state index is 13.1. The number of carbonyl (C=O) groups is 2. The molecule has 2 atom stereocenters. The number of benzene rings is 2. The second kappa shape index (κ2) is 10.7. The van der Waals surface area contributed by atoms with Crippen molar-refractivity contribution in [3.05, 3.63) is 58.7 Å². The number of thioether (sulfide) groups is 1. The fourth-order valence-corrected chi connectivity index (χ4v) is 4.96. The molecule has 6 heteroatoms. The zero-order valence-corrected chi connectivity index (χ0v) is 21.3. The molecule has 33 heavy (non-hydrogen) atoms. The number of esters is 1. The SMILES string of the molecule is COC(=O)C(C)(C)Oc1c(C)cc(CC[C@H]2CNCC2C(=O)c2ccc(SC)cc2)cc1C. The number of ether oxygens (including phenoxy) is 2. The molecule has 1 aliphatic rings. The Morgan fingerprint density at radius 2 is 1.73 bits per heavy atom. The molecule has 5 nitrogen and oxygen atoms in total. The van der Waals surface area contributed by atoms with Crippen molar-refractivity contribution >= 4 is 23.5 Å². The third-order valence-corrected chi connectivity index (χ3v) is 7.15. The van der Waals surface area contributed by atoms with E-state index in [0.29, 0.717) is 5.92 Å². The van der Waals surface area contributed by atoms with Crippen LogP contribution in [0.25, 0.3) is 0 Å². The second-order valence-corrected chi connectivity index (χ2v) is 10.2. The van der Waals surface area contributed by atoms with Gasteiger partial charge in [0.1, 0.15) is 5.75 Å². The predicted molar refractivity (Wildman–Crippen MR) is 133 cm³/mol. The van der Waals surface area contributed by atoms with Crippen molar-refractivity contribution in [2.75, 3.05) is 26.5 Å². The average Bonchev–Trinajstić information content (AvgIpc) is 3.27. The maximum Gasteiger partial charge on any atom is 0.349 e. The van der Waals surface area contributed by atoms with Crippen LogP contribution in [-0.4, -0.2) is 43.8 Å². The molecule has 1 fully saturated rings. The molecule has 0 saturated carbocycles. The van der Waals surface area contributed by atoms with Crippen molar-refractivity contribution < 1.29 is 19.1 Å². The maximum atomic E-state index is 13.1. The highest BCUT2D eigenvalue weighted by Gasteiger charge is 2.34. The average molecular weight is 470 g/mol. The predicted octanol–water partition coefficient (Wildman–Crippen LogP) is 5.01. The molecule has 0 aromatic heterocycles. The third-order valence-electron chi connectivity index (χ3n) is 6.41. The van der Waals surface area contributed by atoms with Crippen LogP contribution >= 0.6 is 11.8 Å². The number of aryl methyl sites for hydroxylation is 3. The van der Waals surface area contributed by atoms with Crippen LogP contribution in [0.2, 0.25) is 0 Å². The molecule has 2 aromatic rings. The van der Waals surface area contributed by atoms with Crippen LogP contribution in [0.5, 0.6) is 5.75 Å². The summed E-state index contributed by atoms with van der Waals surface area (Å²) in [5.74, 6) is 0.874. The monoisotopic (exact) mass is 469 g/mol. The lowest BCUT2D eigenvalue weighted by Gasteiger charge is -2.26. The van der Waals surface area contributed by atoms with E-state index in [-0.39, 0.29) is 11.7 Å². The highest BCUT2D eigenvalue weighted by atomic mass is 32.2. The van der Waals surface area contributed by atoms with Crippen LogP contribution in [0.15, 0.2) is 41.3 Å². The normalized spacial score (nSPS) is 18.2. The van der Waals surface area contributed by atoms with E-state index in [0.717, 1.165) is 48.4 Å². The van der Waals surface area contributed by atoms with Crippen molar-refractivity contribution in [2.45, 2.75) is 51.0 Å². The lowest BCUT2D eigenvalue weighted by molar-refractivity contribution is -0.156. The first-order valence-electron chi connectivity index (χ1n) is 11.4. The third kappa shape index (κ3) is 5.98. The first-order chi connectivity index (χ1) is 15.7. The Kier molecular flexibility index (Phi) is 8.24. The summed E-state index contributed by atoms with van der Waals surface area (Å²) in [6.45, 7) is 9.03. The summed E-state index contributed by atoms with van der Waals surface area (Å²) in [4.78, 5) is 26.3. The van der Waals surface area contributed by atoms with Gasteiger partial charge in [-0.15, -0.1) is 11.8 Å². The molecule has 1 saturated heterocycles. The van der Waals surface area contributed by atoms with E-state index in [1.807, 2.05) is 44.4 Å². The van der Waals surface area contributed by atoms with E-state index in [9.17, 15) is 9.59 Å². The van der Waals surface area contributed by atoms with Gasteiger partial charge in [-0.05, 0) is 88.1 Å². The van der Waals surface area contributed by atoms with Gasteiger partial charge >= 0.3 is 5.97 Å². The van der Waals surface area contributed by atoms with E-state index >= 15 is 0 Å². The van der Waals surface area contributed by atoms with E-state index in [1.54, 1.807) is 25.6 Å². The Labute approximate surface area is 201 Å². The van der Waals surface area contributed by atoms with E-state index in [2.05, 4.69) is 17.4 Å². The van der Waals surface area contributed by atoms with Crippen LogP contribution in [0, 0.1) is 25.7 Å². The molecule has 1 heterocycles. The Bertz CT molecular complexity index is 977. The molecule has 0 aliphatic carbocycles. The molecule has 0 spiro atoms. The van der Waals surface area contributed by atoms with Gasteiger partial charge < -0.3 is 14.8 Å². The lowest BCUT2D eigenvalue weighted by atomic mass is 9.84. The first kappa shape index (κ1) is 25.3. The summed E-state index contributed by atoms with van der Waals surface area (Å²) in [6, 6.07) is 12.2. The van der Waals surface area contributed by atoms with Gasteiger partial charge in [0.15, 0.2) is 11.4 Å². The Morgan fingerprint density at radius 1 is 1.09 bits per heavy atom. The molecule has 1 aliphatic heterocycles. The van der Waals surface area contributed by atoms with Gasteiger partial charge in [0.25, 0.3) is 0 Å². The van der Waals surface area contributed by atoms with Gasteiger partial charge in [-0.2, -0.15) is 0 Å². The molecule has 0 radical (unpaired) electrons. The standard InChI is InChI=1S/C27H35NO4S/c1-17-13-19(14-18(2)25(17)32-27(3,4)26(30)31-5)7-8-21-15-28-16-23(21)24(29)20-9-11-22(33-6)12-10-20/h9-14,21,23,28H,7-8,15-16H2,1-6H3/t21-,23?/m0/s1. The number of carbonyl (C=O) groups excluding carboxylic acids is 2. The number of Topliss-reactive ketones (excluding diaryl/α,β-unsaturated/α-hetero) is 1. The minimum atomic E-state index is -1.05. The molecule has 2 aromatic carbocycles. The van der Waals surface area contributed by atoms with E-state index < -0.39 is 11.6 Å². The fourth-order valence-electron chi connectivity index (χ4n) is 4.55. The molecule has 3 rings (SSSR count). The highest BCUT2D eigenvalue weighted by Crippen LogP contribution is 2.31. The van der Waals surface area contributed by atoms with Crippen molar-refractivity contribution in [2.24, 2.45) is 11.8 Å². The van der Waals surface area contributed by atoms with Gasteiger partial charge in [0.2, 0.25) is 0 Å². The van der Waals surface area contributed by atoms with Crippen LogP contribution in [-0.2, 0) is 16.0 Å². The molecular weight excluding hydrogens is 434 g/mol. The van der Waals surface area contributed by atoms with Gasteiger partial charge in [-0.1, -0.05) is 24.3 Å². The lowest BCUT2D eigenvalue weighted by Crippen LogP contribution is -2.39. The smallest absolute Gasteiger partial charge is 0.349 e. The number of ketones is 1. The summed E-state index contributed by atoms with van der Waals surface area (Å²) < 4.78 is 10.9. The summed E-state index contributed by atoms with van der Waals surface area (Å²) in [7, 11) is 1.37. The van der Waals surface area contributed by atoms with Gasteiger partial charge in [-0.25, -0.2) is 4.79 Å². The minimum Gasteiger partial charge on any atom is -0.476 e. The highest BCUT2D eigenvalue weighted by molar-refractivity contribution is 7.98. The zero-order valence-electron chi connectivity index (χ0n) is 20.5. The van der Waals surface area contributed by atoms with Crippen LogP contribution in [0.1, 0.15) is 47.3 Å². The van der Waals surface area contributed by atoms with Crippen LogP contribution in [0.3, 0.4) is 0 Å². The molecular formula is C27H35NO4S. The van der Waals surface area contributed by atoms with Crippen LogP contribution in [0.4, 0.5) is 0 Å². The molecule has 0 amide bonds. The molecule has 1 N–H and O–H groups in total. The fraction of sp³-hybridized carbons (Fsp3) is 0.481. The second-order valence-electron chi connectivity index (χ2n) is 9.32. The van der Waals surface area contributed by atoms with Crippen LogP contribution < -0.4 is 10.1 Å². The number of nitrogens with one attached hydrogen (secondary N) is 1. The van der Waals surface area contributed by atoms with Gasteiger partial charge in [0.05, 0.1) is 7.11 Å². The Balaban J connectivity index is 1.67. The zero-order chi connectivity index (χ0) is 24.2.